The Hall–Kier alpha value is -0.730. The van der Waals surface area contributed by atoms with E-state index in [4.69, 9.17) is 5.53 Å². The molecule has 0 aliphatic heterocycles. The van der Waals surface area contributed by atoms with Crippen molar-refractivity contribution in [1.29, 1.82) is 0 Å². The van der Waals surface area contributed by atoms with Crippen molar-refractivity contribution >= 4 is 0 Å². The van der Waals surface area contributed by atoms with Crippen molar-refractivity contribution in [3.63, 3.8) is 0 Å². The van der Waals surface area contributed by atoms with Crippen molar-refractivity contribution in [2.45, 2.75) is 45.3 Å². The smallest absolute Gasteiger partial charge is 0.0636 e. The van der Waals surface area contributed by atoms with Crippen molar-refractivity contribution in [3.8, 4) is 0 Å². The molecule has 3 unspecified atom stereocenters. The monoisotopic (exact) mass is 183 g/mol. The molecule has 4 nitrogen and oxygen atoms in total. The van der Waals surface area contributed by atoms with Gasteiger partial charge in [-0.15, -0.1) is 0 Å². The number of hydrogen-bond acceptors (Lipinski definition) is 2. The highest BCUT2D eigenvalue weighted by molar-refractivity contribution is 4.85. The highest BCUT2D eigenvalue weighted by Crippen LogP contribution is 2.31. The first-order valence-electron chi connectivity index (χ1n) is 4.87. The highest BCUT2D eigenvalue weighted by Gasteiger charge is 2.29. The molecule has 3 atom stereocenters. The lowest BCUT2D eigenvalue weighted by atomic mass is 9.78. The zero-order valence-electron chi connectivity index (χ0n) is 8.22. The number of azide groups is 1. The topological polar surface area (TPSA) is 69.0 Å². The van der Waals surface area contributed by atoms with E-state index in [0.717, 1.165) is 19.3 Å². The van der Waals surface area contributed by atoms with Gasteiger partial charge in [-0.1, -0.05) is 19.0 Å². The van der Waals surface area contributed by atoms with E-state index in [1.54, 1.807) is 0 Å². The molecule has 1 rings (SSSR count). The molecule has 4 heteroatoms. The van der Waals surface area contributed by atoms with Gasteiger partial charge in [0.15, 0.2) is 0 Å². The van der Waals surface area contributed by atoms with Crippen LogP contribution in [-0.2, 0) is 0 Å². The molecule has 1 N–H and O–H groups in total. The second-order valence-corrected chi connectivity index (χ2v) is 4.16. The van der Waals surface area contributed by atoms with E-state index in [-0.39, 0.29) is 6.04 Å². The minimum absolute atomic E-state index is 0.203. The van der Waals surface area contributed by atoms with Crippen LogP contribution in [0, 0.1) is 11.8 Å². The predicted octanol–water partition coefficient (Wildman–Crippen LogP) is 2.48. The molecule has 74 valence electrons. The van der Waals surface area contributed by atoms with Crippen molar-refractivity contribution in [2.24, 2.45) is 17.0 Å². The van der Waals surface area contributed by atoms with Crippen molar-refractivity contribution in [3.05, 3.63) is 10.4 Å². The molecule has 1 aliphatic rings. The Morgan fingerprint density at radius 2 is 2.15 bits per heavy atom. The Morgan fingerprint density at radius 1 is 1.46 bits per heavy atom. The zero-order valence-corrected chi connectivity index (χ0v) is 8.22. The summed E-state index contributed by atoms with van der Waals surface area (Å²) in [5, 5.41) is 13.2. The summed E-state index contributed by atoms with van der Waals surface area (Å²) in [5.74, 6) is 1.21. The fraction of sp³-hybridized carbons (Fsp3) is 1.00. The first-order valence-corrected chi connectivity index (χ1v) is 4.87. The van der Waals surface area contributed by atoms with Gasteiger partial charge in [0.1, 0.15) is 0 Å². The predicted molar refractivity (Wildman–Crippen MR) is 51.1 cm³/mol. The van der Waals surface area contributed by atoms with Crippen LogP contribution >= 0.6 is 0 Å². The lowest BCUT2D eigenvalue weighted by Gasteiger charge is -2.32. The van der Waals surface area contributed by atoms with Crippen LogP contribution in [0.3, 0.4) is 0 Å². The van der Waals surface area contributed by atoms with Crippen LogP contribution in [0.4, 0.5) is 0 Å². The molecule has 0 aromatic rings. The van der Waals surface area contributed by atoms with Crippen LogP contribution in [0.2, 0.25) is 0 Å². The van der Waals surface area contributed by atoms with Gasteiger partial charge in [0.2, 0.25) is 0 Å². The summed E-state index contributed by atoms with van der Waals surface area (Å²) < 4.78 is 0. The Balaban J connectivity index is 2.57. The van der Waals surface area contributed by atoms with E-state index < -0.39 is 6.10 Å². The van der Waals surface area contributed by atoms with Crippen LogP contribution < -0.4 is 0 Å². The molecule has 0 saturated heterocycles. The van der Waals surface area contributed by atoms with Crippen molar-refractivity contribution in [2.75, 3.05) is 0 Å². The van der Waals surface area contributed by atoms with Gasteiger partial charge in [0.05, 0.1) is 12.1 Å². The van der Waals surface area contributed by atoms with Gasteiger partial charge in [-0.3, -0.25) is 0 Å². The Bertz CT molecular complexity index is 211. The summed E-state index contributed by atoms with van der Waals surface area (Å²) in [5.41, 5.74) is 8.31. The summed E-state index contributed by atoms with van der Waals surface area (Å²) in [6.45, 7) is 4.35. The third-order valence-corrected chi connectivity index (χ3v) is 2.96. The molecule has 0 heterocycles. The van der Waals surface area contributed by atoms with Crippen LogP contribution in [0.5, 0.6) is 0 Å². The van der Waals surface area contributed by atoms with E-state index in [9.17, 15) is 5.11 Å². The Morgan fingerprint density at radius 3 is 2.69 bits per heavy atom. The maximum absolute atomic E-state index is 9.53. The second kappa shape index (κ2) is 4.49. The summed E-state index contributed by atoms with van der Waals surface area (Å²) in [6.07, 6.45) is 2.23. The van der Waals surface area contributed by atoms with E-state index in [2.05, 4.69) is 23.9 Å². The van der Waals surface area contributed by atoms with E-state index in [0.29, 0.717) is 11.8 Å². The minimum atomic E-state index is -0.425. The molecule has 0 aromatic heterocycles. The van der Waals surface area contributed by atoms with Gasteiger partial charge < -0.3 is 5.11 Å². The summed E-state index contributed by atoms with van der Waals surface area (Å²) >= 11 is 0. The van der Waals surface area contributed by atoms with E-state index in [1.165, 1.54) is 0 Å². The van der Waals surface area contributed by atoms with E-state index in [1.807, 2.05) is 0 Å². The summed E-state index contributed by atoms with van der Waals surface area (Å²) in [6, 6.07) is -0.203. The van der Waals surface area contributed by atoms with Crippen molar-refractivity contribution < 1.29 is 5.11 Å². The number of hydrogen-bond donors (Lipinski definition) is 1. The number of rotatable bonds is 2. The Kier molecular flexibility index (Phi) is 3.58. The number of aliphatic hydroxyl groups is 1. The third kappa shape index (κ3) is 2.61. The summed E-state index contributed by atoms with van der Waals surface area (Å²) in [7, 11) is 0. The fourth-order valence-corrected chi connectivity index (χ4v) is 1.96. The van der Waals surface area contributed by atoms with Gasteiger partial charge >= 0.3 is 0 Å². The average molecular weight is 183 g/mol. The minimum Gasteiger partial charge on any atom is -0.393 e. The molecule has 1 saturated carbocycles. The normalized spacial score (nSPS) is 34.3. The maximum atomic E-state index is 9.53. The van der Waals surface area contributed by atoms with Crippen LogP contribution in [-0.4, -0.2) is 17.3 Å². The van der Waals surface area contributed by atoms with Crippen LogP contribution in [0.15, 0.2) is 5.11 Å². The molecule has 1 fully saturated rings. The molecule has 1 aliphatic carbocycles. The van der Waals surface area contributed by atoms with Gasteiger partial charge in [-0.05, 0) is 36.6 Å². The molecule has 0 spiro atoms. The first kappa shape index (κ1) is 10.4. The molecule has 0 radical (unpaired) electrons. The largest absolute Gasteiger partial charge is 0.393 e. The number of aliphatic hydroxyl groups excluding tert-OH is 1. The van der Waals surface area contributed by atoms with E-state index >= 15 is 0 Å². The van der Waals surface area contributed by atoms with Crippen molar-refractivity contribution in [1.82, 2.24) is 0 Å². The summed E-state index contributed by atoms with van der Waals surface area (Å²) in [4.78, 5) is 2.77. The molecule has 0 bridgehead atoms. The zero-order chi connectivity index (χ0) is 9.84. The lowest BCUT2D eigenvalue weighted by molar-refractivity contribution is 0.0754. The van der Waals surface area contributed by atoms with Gasteiger partial charge in [-0.25, -0.2) is 0 Å². The quantitative estimate of drug-likeness (QED) is 0.399. The van der Waals surface area contributed by atoms with Crippen LogP contribution in [0.1, 0.15) is 33.1 Å². The lowest BCUT2D eigenvalue weighted by Crippen LogP contribution is -2.33. The van der Waals surface area contributed by atoms with Crippen LogP contribution in [0.25, 0.3) is 10.4 Å². The second-order valence-electron chi connectivity index (χ2n) is 4.16. The molecular formula is C9H17N3O. The molecule has 13 heavy (non-hydrogen) atoms. The standard InChI is InChI=1S/C9H17N3O/c1-6(2)7-3-4-9(13)8(5-7)11-12-10/h6-9,13H,3-5H2,1-2H3. The molecular weight excluding hydrogens is 166 g/mol. The SMILES string of the molecule is CC(C)C1CCC(O)C(N=[N+]=[N-])C1. The molecule has 0 amide bonds. The molecule has 0 aromatic carbocycles. The number of nitrogens with zero attached hydrogens (tertiary/aromatic N) is 3. The fourth-order valence-electron chi connectivity index (χ4n) is 1.96. The maximum Gasteiger partial charge on any atom is 0.0636 e. The highest BCUT2D eigenvalue weighted by atomic mass is 16.3. The third-order valence-electron chi connectivity index (χ3n) is 2.96. The van der Waals surface area contributed by atoms with Gasteiger partial charge in [0, 0.05) is 4.91 Å². The van der Waals surface area contributed by atoms with Gasteiger partial charge in [0.25, 0.3) is 0 Å². The average Bonchev–Trinajstić information content (AvgIpc) is 2.08. The van der Waals surface area contributed by atoms with Gasteiger partial charge in [-0.2, -0.15) is 0 Å². The first-order chi connectivity index (χ1) is 6.15. The Labute approximate surface area is 78.6 Å².